The van der Waals surface area contributed by atoms with Crippen LogP contribution in [-0.2, 0) is 9.53 Å². The number of carbonyl (C=O) groups is 2. The molecule has 1 aliphatic heterocycles. The number of benzene rings is 1. The summed E-state index contributed by atoms with van der Waals surface area (Å²) < 4.78 is 45.3. The Hall–Kier alpha value is -2.25. The maximum Gasteiger partial charge on any atom is 0.407 e. The first-order valence-corrected chi connectivity index (χ1v) is 9.96. The minimum atomic E-state index is -1.66. The highest BCUT2D eigenvalue weighted by molar-refractivity contribution is 14.0. The van der Waals surface area contributed by atoms with Crippen molar-refractivity contribution in [2.45, 2.75) is 45.8 Å². The van der Waals surface area contributed by atoms with Gasteiger partial charge in [0.2, 0.25) is 5.91 Å². The van der Waals surface area contributed by atoms with Crippen LogP contribution in [0.25, 0.3) is 0 Å². The first-order valence-electron chi connectivity index (χ1n) is 9.96. The molecule has 12 heteroatoms. The van der Waals surface area contributed by atoms with Crippen LogP contribution in [0, 0.1) is 17.5 Å². The third-order valence-electron chi connectivity index (χ3n) is 4.23. The summed E-state index contributed by atoms with van der Waals surface area (Å²) in [5.41, 5.74) is -1.06. The number of guanidine groups is 1. The fourth-order valence-electron chi connectivity index (χ4n) is 2.93. The molecule has 1 unspecified atom stereocenters. The number of hydrogen-bond donors (Lipinski definition) is 3. The number of aliphatic imine (C=N–C) groups is 1. The van der Waals surface area contributed by atoms with Gasteiger partial charge in [-0.1, -0.05) is 0 Å². The summed E-state index contributed by atoms with van der Waals surface area (Å²) >= 11 is 0. The molecule has 0 saturated carbocycles. The van der Waals surface area contributed by atoms with E-state index in [1.54, 1.807) is 20.8 Å². The molecular formula is C20H29F3IN5O3. The average Bonchev–Trinajstić information content (AvgIpc) is 3.12. The highest BCUT2D eigenvalue weighted by atomic mass is 127. The zero-order valence-corrected chi connectivity index (χ0v) is 20.8. The molecule has 0 aromatic heterocycles. The Morgan fingerprint density at radius 3 is 2.53 bits per heavy atom. The maximum absolute atomic E-state index is 13.7. The number of carbonyl (C=O) groups excluding carboxylic acids is 2. The number of nitrogens with zero attached hydrogens (tertiary/aromatic N) is 2. The predicted molar refractivity (Wildman–Crippen MR) is 126 cm³/mol. The van der Waals surface area contributed by atoms with Crippen LogP contribution in [0.15, 0.2) is 17.1 Å². The van der Waals surface area contributed by atoms with Crippen molar-refractivity contribution in [2.75, 3.05) is 31.5 Å². The molecule has 2 rings (SSSR count). The molecule has 1 aromatic rings. The van der Waals surface area contributed by atoms with Crippen LogP contribution < -0.4 is 16.0 Å². The smallest absolute Gasteiger partial charge is 0.407 e. The fraction of sp³-hybridized carbons (Fsp3) is 0.550. The lowest BCUT2D eigenvalue weighted by molar-refractivity contribution is -0.114. The molecule has 1 saturated heterocycles. The summed E-state index contributed by atoms with van der Waals surface area (Å²) in [6.07, 6.45) is 0.157. The molecule has 3 N–H and O–H groups in total. The topological polar surface area (TPSA) is 95.1 Å². The molecule has 0 aliphatic carbocycles. The van der Waals surface area contributed by atoms with Crippen LogP contribution >= 0.6 is 24.0 Å². The summed E-state index contributed by atoms with van der Waals surface area (Å²) in [6, 6.07) is 1.51. The van der Waals surface area contributed by atoms with Crippen LogP contribution in [0.3, 0.4) is 0 Å². The first kappa shape index (κ1) is 27.8. The van der Waals surface area contributed by atoms with E-state index in [9.17, 15) is 22.8 Å². The van der Waals surface area contributed by atoms with Gasteiger partial charge in [-0.2, -0.15) is 0 Å². The number of nitrogens with one attached hydrogen (secondary N) is 3. The molecule has 1 heterocycles. The van der Waals surface area contributed by atoms with E-state index in [1.165, 1.54) is 0 Å². The van der Waals surface area contributed by atoms with Crippen LogP contribution in [0.1, 0.15) is 34.1 Å². The number of amides is 2. The van der Waals surface area contributed by atoms with E-state index < -0.39 is 40.7 Å². The Labute approximate surface area is 202 Å². The number of ether oxygens (including phenoxy) is 1. The van der Waals surface area contributed by atoms with Gasteiger partial charge in [-0.25, -0.2) is 23.0 Å². The zero-order chi connectivity index (χ0) is 23.2. The van der Waals surface area contributed by atoms with Crippen molar-refractivity contribution in [1.82, 2.24) is 15.5 Å². The Balaban J connectivity index is 0.00000512. The van der Waals surface area contributed by atoms with Crippen LogP contribution in [0.4, 0.5) is 23.7 Å². The van der Waals surface area contributed by atoms with E-state index in [4.69, 9.17) is 4.74 Å². The molecule has 8 nitrogen and oxygen atoms in total. The van der Waals surface area contributed by atoms with E-state index in [1.807, 2.05) is 11.8 Å². The van der Waals surface area contributed by atoms with Gasteiger partial charge in [0.05, 0.1) is 11.7 Å². The third kappa shape index (κ3) is 8.36. The van der Waals surface area contributed by atoms with Gasteiger partial charge in [0.15, 0.2) is 23.4 Å². The van der Waals surface area contributed by atoms with Gasteiger partial charge in [0, 0.05) is 19.6 Å². The lowest BCUT2D eigenvalue weighted by atomic mass is 10.2. The molecule has 1 fully saturated rings. The highest BCUT2D eigenvalue weighted by Crippen LogP contribution is 2.19. The van der Waals surface area contributed by atoms with Crippen LogP contribution in [-0.4, -0.2) is 60.7 Å². The van der Waals surface area contributed by atoms with Gasteiger partial charge >= 0.3 is 6.09 Å². The Morgan fingerprint density at radius 2 is 1.91 bits per heavy atom. The number of anilines is 1. The predicted octanol–water partition coefficient (Wildman–Crippen LogP) is 3.22. The van der Waals surface area contributed by atoms with E-state index in [-0.39, 0.29) is 36.6 Å². The van der Waals surface area contributed by atoms with E-state index in [0.29, 0.717) is 32.0 Å². The second kappa shape index (κ2) is 12.1. The van der Waals surface area contributed by atoms with Crippen molar-refractivity contribution in [3.8, 4) is 0 Å². The Morgan fingerprint density at radius 1 is 1.22 bits per heavy atom. The van der Waals surface area contributed by atoms with Crippen molar-refractivity contribution in [1.29, 1.82) is 0 Å². The number of halogens is 4. The number of likely N-dealkylation sites (tertiary alicyclic amines) is 1. The zero-order valence-electron chi connectivity index (χ0n) is 18.4. The quantitative estimate of drug-likeness (QED) is 0.219. The number of rotatable bonds is 5. The molecule has 0 bridgehead atoms. The molecule has 0 spiro atoms. The molecule has 1 atom stereocenters. The maximum atomic E-state index is 13.7. The molecule has 1 aliphatic rings. The fourth-order valence-corrected chi connectivity index (χ4v) is 2.93. The summed E-state index contributed by atoms with van der Waals surface area (Å²) in [6.45, 7) is 8.43. The summed E-state index contributed by atoms with van der Waals surface area (Å²) in [7, 11) is 0. The van der Waals surface area contributed by atoms with Gasteiger partial charge in [-0.05, 0) is 46.2 Å². The van der Waals surface area contributed by atoms with Gasteiger partial charge in [-0.15, -0.1) is 24.0 Å². The minimum absolute atomic E-state index is 0. The van der Waals surface area contributed by atoms with Gasteiger partial charge in [-0.3, -0.25) is 4.79 Å². The van der Waals surface area contributed by atoms with E-state index in [2.05, 4.69) is 20.9 Å². The monoisotopic (exact) mass is 571 g/mol. The van der Waals surface area contributed by atoms with Crippen molar-refractivity contribution >= 4 is 47.6 Å². The molecule has 32 heavy (non-hydrogen) atoms. The molecule has 180 valence electrons. The van der Waals surface area contributed by atoms with E-state index in [0.717, 1.165) is 12.1 Å². The van der Waals surface area contributed by atoms with Crippen molar-refractivity contribution in [2.24, 2.45) is 4.99 Å². The third-order valence-corrected chi connectivity index (χ3v) is 4.23. The van der Waals surface area contributed by atoms with Crippen molar-refractivity contribution in [3.05, 3.63) is 29.6 Å². The molecule has 1 aromatic carbocycles. The van der Waals surface area contributed by atoms with Crippen molar-refractivity contribution < 1.29 is 27.5 Å². The number of alkyl carbamates (subject to hydrolysis) is 1. The van der Waals surface area contributed by atoms with Gasteiger partial charge in [0.25, 0.3) is 0 Å². The van der Waals surface area contributed by atoms with Gasteiger partial charge in [0.1, 0.15) is 12.1 Å². The Bertz CT molecular complexity index is 849. The Kier molecular flexibility index (Phi) is 10.5. The normalized spacial score (nSPS) is 16.3. The largest absolute Gasteiger partial charge is 0.444 e. The second-order valence-electron chi connectivity index (χ2n) is 8.02. The van der Waals surface area contributed by atoms with Crippen LogP contribution in [0.5, 0.6) is 0 Å². The SMILES string of the molecule is CCNC(=NCC(=O)Nc1ccc(F)c(F)c1F)N1CCC(NC(=O)OC(C)(C)C)C1.I. The standard InChI is InChI=1S/C20H28F3N5O3.HI/c1-5-24-18(28-9-8-12(11-28)26-19(30)31-20(2,3)4)25-10-15(29)27-14-7-6-13(21)16(22)17(14)23;/h6-7,12H,5,8-11H2,1-4H3,(H,24,25)(H,26,30)(H,27,29);1H. The molecular weight excluding hydrogens is 542 g/mol. The van der Waals surface area contributed by atoms with Gasteiger partial charge < -0.3 is 25.6 Å². The summed E-state index contributed by atoms with van der Waals surface area (Å²) in [5.74, 6) is -4.72. The van der Waals surface area contributed by atoms with Crippen LogP contribution in [0.2, 0.25) is 0 Å². The highest BCUT2D eigenvalue weighted by Gasteiger charge is 2.28. The lowest BCUT2D eigenvalue weighted by Crippen LogP contribution is -2.44. The lowest BCUT2D eigenvalue weighted by Gasteiger charge is -2.23. The van der Waals surface area contributed by atoms with Crippen molar-refractivity contribution in [3.63, 3.8) is 0 Å². The average molecular weight is 571 g/mol. The molecule has 2 amide bonds. The van der Waals surface area contributed by atoms with E-state index >= 15 is 0 Å². The second-order valence-corrected chi connectivity index (χ2v) is 8.02. The minimum Gasteiger partial charge on any atom is -0.444 e. The summed E-state index contributed by atoms with van der Waals surface area (Å²) in [4.78, 5) is 30.1. The first-order chi connectivity index (χ1) is 14.5. The molecule has 0 radical (unpaired) electrons. The summed E-state index contributed by atoms with van der Waals surface area (Å²) in [5, 5.41) is 8.03. The number of hydrogen-bond acceptors (Lipinski definition) is 4.